The average Bonchev–Trinajstić information content (AvgIpc) is 2.10. The number of unbranched alkanes of at least 4 members (excludes halogenated alkanes) is 1. The first-order valence-corrected chi connectivity index (χ1v) is 5.44. The van der Waals surface area contributed by atoms with Crippen molar-refractivity contribution < 1.29 is 14.6 Å². The maximum absolute atomic E-state index is 11.4. The van der Waals surface area contributed by atoms with Crippen LogP contribution in [0, 0.1) is 0 Å². The van der Waals surface area contributed by atoms with E-state index in [-0.39, 0.29) is 0 Å². The summed E-state index contributed by atoms with van der Waals surface area (Å²) in [5.74, 6) is -0.633. The monoisotopic (exact) mass is 217 g/mol. The number of hydrogen-bond donors (Lipinski definition) is 2. The van der Waals surface area contributed by atoms with E-state index >= 15 is 0 Å². The van der Waals surface area contributed by atoms with E-state index in [9.17, 15) is 9.90 Å². The maximum Gasteiger partial charge on any atom is 0.337 e. The van der Waals surface area contributed by atoms with Crippen LogP contribution in [0.25, 0.3) is 0 Å². The summed E-state index contributed by atoms with van der Waals surface area (Å²) in [6, 6.07) is -0.528. The molecule has 0 aliphatic carbocycles. The molecule has 0 bridgehead atoms. The second-order valence-corrected chi connectivity index (χ2v) is 4.78. The fraction of sp³-hybridized carbons (Fsp3) is 0.909. The minimum absolute atomic E-state index is 0.528. The predicted molar refractivity (Wildman–Crippen MR) is 59.4 cm³/mol. The highest BCUT2D eigenvalue weighted by molar-refractivity contribution is 5.75. The van der Waals surface area contributed by atoms with Crippen LogP contribution in [0.3, 0.4) is 0 Å². The van der Waals surface area contributed by atoms with E-state index in [1.165, 1.54) is 0 Å². The molecule has 2 atom stereocenters. The van der Waals surface area contributed by atoms with Gasteiger partial charge in [0.05, 0.1) is 0 Å². The van der Waals surface area contributed by atoms with Gasteiger partial charge in [0.25, 0.3) is 0 Å². The van der Waals surface area contributed by atoms with Crippen LogP contribution in [0.2, 0.25) is 0 Å². The molecule has 0 rings (SSSR count). The molecule has 0 radical (unpaired) electrons. The first kappa shape index (κ1) is 14.4. The highest BCUT2D eigenvalue weighted by Crippen LogP contribution is 2.11. The van der Waals surface area contributed by atoms with Crippen LogP contribution in [0.1, 0.15) is 47.0 Å². The van der Waals surface area contributed by atoms with Gasteiger partial charge in [0.15, 0.2) is 6.10 Å². The van der Waals surface area contributed by atoms with Crippen molar-refractivity contribution in [3.63, 3.8) is 0 Å². The van der Waals surface area contributed by atoms with Crippen LogP contribution < -0.4 is 5.73 Å². The predicted octanol–water partition coefficient (Wildman–Crippen LogP) is 1.21. The van der Waals surface area contributed by atoms with Crippen LogP contribution in [-0.4, -0.2) is 28.8 Å². The Balaban J connectivity index is 4.08. The third-order valence-corrected chi connectivity index (χ3v) is 1.94. The van der Waals surface area contributed by atoms with Gasteiger partial charge in [-0.2, -0.15) is 0 Å². The van der Waals surface area contributed by atoms with Gasteiger partial charge in [-0.1, -0.05) is 19.8 Å². The summed E-state index contributed by atoms with van der Waals surface area (Å²) >= 11 is 0. The Kier molecular flexibility index (Phi) is 5.83. The third kappa shape index (κ3) is 6.47. The lowest BCUT2D eigenvalue weighted by molar-refractivity contribution is -0.166. The molecule has 90 valence electrons. The molecular formula is C11H23NO3. The topological polar surface area (TPSA) is 72.5 Å². The van der Waals surface area contributed by atoms with Crippen molar-refractivity contribution in [3.8, 4) is 0 Å². The summed E-state index contributed by atoms with van der Waals surface area (Å²) in [7, 11) is 0. The molecule has 0 amide bonds. The van der Waals surface area contributed by atoms with Crippen LogP contribution in [0.4, 0.5) is 0 Å². The molecule has 3 N–H and O–H groups in total. The van der Waals surface area contributed by atoms with E-state index in [1.807, 2.05) is 6.92 Å². The number of nitrogens with two attached hydrogens (primary N) is 1. The van der Waals surface area contributed by atoms with Crippen LogP contribution >= 0.6 is 0 Å². The van der Waals surface area contributed by atoms with E-state index in [4.69, 9.17) is 10.5 Å². The Hall–Kier alpha value is -0.610. The normalized spacial score (nSPS) is 15.9. The van der Waals surface area contributed by atoms with Crippen molar-refractivity contribution in [1.82, 2.24) is 0 Å². The Morgan fingerprint density at radius 3 is 2.40 bits per heavy atom. The molecule has 0 saturated carbocycles. The number of carbonyl (C=O) groups excluding carboxylic acids is 1. The van der Waals surface area contributed by atoms with E-state index in [1.54, 1.807) is 20.8 Å². The second-order valence-electron chi connectivity index (χ2n) is 4.78. The molecule has 2 unspecified atom stereocenters. The highest BCUT2D eigenvalue weighted by atomic mass is 16.6. The molecule has 0 fully saturated rings. The van der Waals surface area contributed by atoms with Crippen LogP contribution in [-0.2, 0) is 9.53 Å². The standard InChI is InChI=1S/C11H23NO3/c1-5-6-7-8(12)9(13)10(14)15-11(2,3)4/h8-9,13H,5-7,12H2,1-4H3. The van der Waals surface area contributed by atoms with Crippen molar-refractivity contribution in [1.29, 1.82) is 0 Å². The number of rotatable bonds is 5. The Bertz CT molecular complexity index is 198. The first-order chi connectivity index (χ1) is 6.78. The van der Waals surface area contributed by atoms with Crippen molar-refractivity contribution in [2.24, 2.45) is 5.73 Å². The number of aliphatic hydroxyl groups is 1. The summed E-state index contributed by atoms with van der Waals surface area (Å²) in [5.41, 5.74) is 5.09. The van der Waals surface area contributed by atoms with E-state index < -0.39 is 23.7 Å². The first-order valence-electron chi connectivity index (χ1n) is 5.44. The minimum atomic E-state index is -1.21. The van der Waals surface area contributed by atoms with Gasteiger partial charge in [-0.15, -0.1) is 0 Å². The van der Waals surface area contributed by atoms with Crippen molar-refractivity contribution in [2.45, 2.75) is 64.7 Å². The van der Waals surface area contributed by atoms with Gasteiger partial charge in [-0.05, 0) is 27.2 Å². The zero-order chi connectivity index (χ0) is 12.1. The molecule has 0 saturated heterocycles. The second kappa shape index (κ2) is 6.08. The van der Waals surface area contributed by atoms with Crippen LogP contribution in [0.5, 0.6) is 0 Å². The van der Waals surface area contributed by atoms with Crippen molar-refractivity contribution >= 4 is 5.97 Å². The highest BCUT2D eigenvalue weighted by Gasteiger charge is 2.27. The Morgan fingerprint density at radius 2 is 2.00 bits per heavy atom. The van der Waals surface area contributed by atoms with Gasteiger partial charge in [0, 0.05) is 6.04 Å². The maximum atomic E-state index is 11.4. The van der Waals surface area contributed by atoms with Crippen molar-refractivity contribution in [3.05, 3.63) is 0 Å². The van der Waals surface area contributed by atoms with Gasteiger partial charge >= 0.3 is 5.97 Å². The molecular weight excluding hydrogens is 194 g/mol. The van der Waals surface area contributed by atoms with Gasteiger partial charge in [-0.3, -0.25) is 0 Å². The lowest BCUT2D eigenvalue weighted by atomic mass is 10.1. The van der Waals surface area contributed by atoms with Crippen molar-refractivity contribution in [2.75, 3.05) is 0 Å². The minimum Gasteiger partial charge on any atom is -0.458 e. The lowest BCUT2D eigenvalue weighted by Gasteiger charge is -2.24. The fourth-order valence-corrected chi connectivity index (χ4v) is 1.13. The molecule has 0 aliphatic rings. The Morgan fingerprint density at radius 1 is 1.47 bits per heavy atom. The number of ether oxygens (including phenoxy) is 1. The molecule has 4 heteroatoms. The van der Waals surface area contributed by atoms with Gasteiger partial charge in [0.2, 0.25) is 0 Å². The molecule has 0 aliphatic heterocycles. The zero-order valence-electron chi connectivity index (χ0n) is 10.1. The molecule has 0 aromatic rings. The van der Waals surface area contributed by atoms with E-state index in [0.717, 1.165) is 12.8 Å². The number of esters is 1. The summed E-state index contributed by atoms with van der Waals surface area (Å²) in [5, 5.41) is 9.58. The molecule has 15 heavy (non-hydrogen) atoms. The molecule has 0 spiro atoms. The van der Waals surface area contributed by atoms with Gasteiger partial charge in [0.1, 0.15) is 5.60 Å². The fourth-order valence-electron chi connectivity index (χ4n) is 1.13. The van der Waals surface area contributed by atoms with E-state index in [2.05, 4.69) is 0 Å². The number of carbonyl (C=O) groups is 1. The third-order valence-electron chi connectivity index (χ3n) is 1.94. The summed E-state index contributed by atoms with van der Waals surface area (Å²) in [4.78, 5) is 11.4. The summed E-state index contributed by atoms with van der Waals surface area (Å²) in [6.07, 6.45) is 1.32. The smallest absolute Gasteiger partial charge is 0.337 e. The van der Waals surface area contributed by atoms with E-state index in [0.29, 0.717) is 6.42 Å². The van der Waals surface area contributed by atoms with Gasteiger partial charge in [-0.25, -0.2) is 4.79 Å². The van der Waals surface area contributed by atoms with Gasteiger partial charge < -0.3 is 15.6 Å². The molecule has 0 aromatic heterocycles. The quantitative estimate of drug-likeness (QED) is 0.679. The lowest BCUT2D eigenvalue weighted by Crippen LogP contribution is -2.43. The Labute approximate surface area is 91.8 Å². The summed E-state index contributed by atoms with van der Waals surface area (Å²) < 4.78 is 5.03. The molecule has 4 nitrogen and oxygen atoms in total. The molecule has 0 heterocycles. The SMILES string of the molecule is CCCCC(N)C(O)C(=O)OC(C)(C)C. The molecule has 0 aromatic carbocycles. The summed E-state index contributed by atoms with van der Waals surface area (Å²) in [6.45, 7) is 7.31. The largest absolute Gasteiger partial charge is 0.458 e. The average molecular weight is 217 g/mol. The number of hydrogen-bond acceptors (Lipinski definition) is 4. The zero-order valence-corrected chi connectivity index (χ0v) is 10.1. The van der Waals surface area contributed by atoms with Crippen LogP contribution in [0.15, 0.2) is 0 Å². The number of aliphatic hydroxyl groups excluding tert-OH is 1.